The van der Waals surface area contributed by atoms with E-state index in [0.29, 0.717) is 5.82 Å². The normalized spacial score (nSPS) is 10.4. The molecular weight excluding hydrogens is 315 g/mol. The van der Waals surface area contributed by atoms with Crippen LogP contribution in [-0.4, -0.2) is 15.0 Å². The van der Waals surface area contributed by atoms with E-state index in [1.54, 1.807) is 11.3 Å². The van der Waals surface area contributed by atoms with E-state index in [1.165, 1.54) is 0 Å². The van der Waals surface area contributed by atoms with E-state index >= 15 is 0 Å². The first-order chi connectivity index (χ1) is 6.65. The lowest BCUT2D eigenvalue weighted by atomic mass is 10.3. The Morgan fingerprint density at radius 1 is 1.50 bits per heavy atom. The summed E-state index contributed by atoms with van der Waals surface area (Å²) in [5, 5.41) is 1.90. The minimum absolute atomic E-state index is 0.00930. The van der Waals surface area contributed by atoms with Gasteiger partial charge in [-0.2, -0.15) is 9.97 Å². The van der Waals surface area contributed by atoms with Crippen LogP contribution in [0.4, 0.5) is 5.95 Å². The van der Waals surface area contributed by atoms with E-state index in [1.807, 2.05) is 11.4 Å². The zero-order valence-corrected chi connectivity index (χ0v) is 9.79. The van der Waals surface area contributed by atoms with Gasteiger partial charge in [-0.1, -0.05) is 0 Å². The summed E-state index contributed by atoms with van der Waals surface area (Å²) in [6.07, 6.45) is 0. The Morgan fingerprint density at radius 2 is 2.29 bits per heavy atom. The maximum Gasteiger partial charge on any atom is 0.349 e. The predicted molar refractivity (Wildman–Crippen MR) is 63.1 cm³/mol. The van der Waals surface area contributed by atoms with E-state index in [0.717, 1.165) is 8.45 Å². The molecule has 0 aliphatic carbocycles. The number of rotatable bonds is 1. The van der Waals surface area contributed by atoms with Crippen molar-refractivity contribution in [1.82, 2.24) is 15.0 Å². The van der Waals surface area contributed by atoms with E-state index in [-0.39, 0.29) is 5.95 Å². The second-order valence-corrected chi connectivity index (χ2v) is 5.31. The molecule has 2 rings (SSSR count). The minimum Gasteiger partial charge on any atom is -0.368 e. The van der Waals surface area contributed by atoms with Crippen LogP contribution in [0, 0.1) is 2.88 Å². The average Bonchev–Trinajstić information content (AvgIpc) is 2.50. The van der Waals surface area contributed by atoms with Gasteiger partial charge in [0.1, 0.15) is 5.82 Å². The van der Waals surface area contributed by atoms with Gasteiger partial charge in [0.15, 0.2) is 0 Å². The zero-order chi connectivity index (χ0) is 10.1. The molecule has 0 spiro atoms. The third kappa shape index (κ3) is 1.93. The number of hydrogen-bond donors (Lipinski definition) is 2. The van der Waals surface area contributed by atoms with E-state index in [2.05, 4.69) is 37.5 Å². The molecule has 2 aromatic rings. The van der Waals surface area contributed by atoms with Crippen LogP contribution in [0.3, 0.4) is 0 Å². The van der Waals surface area contributed by atoms with Gasteiger partial charge >= 0.3 is 5.69 Å². The van der Waals surface area contributed by atoms with Crippen molar-refractivity contribution >= 4 is 39.9 Å². The van der Waals surface area contributed by atoms with E-state index < -0.39 is 5.69 Å². The second-order valence-electron chi connectivity index (χ2n) is 2.50. The maximum absolute atomic E-state index is 11.0. The molecule has 7 heteroatoms. The van der Waals surface area contributed by atoms with Crippen LogP contribution >= 0.6 is 33.9 Å². The van der Waals surface area contributed by atoms with E-state index in [9.17, 15) is 4.79 Å². The Morgan fingerprint density at radius 3 is 2.86 bits per heavy atom. The molecule has 0 radical (unpaired) electrons. The second kappa shape index (κ2) is 3.65. The Balaban J connectivity index is 2.56. The largest absolute Gasteiger partial charge is 0.368 e. The SMILES string of the molecule is Nc1nc(-c2csc(I)c2)[nH]c(=O)n1. The highest BCUT2D eigenvalue weighted by molar-refractivity contribution is 14.1. The fourth-order valence-corrected chi connectivity index (χ4v) is 2.30. The van der Waals surface area contributed by atoms with Gasteiger partial charge in [0.2, 0.25) is 5.95 Å². The number of hydrogen-bond acceptors (Lipinski definition) is 5. The topological polar surface area (TPSA) is 84.7 Å². The summed E-state index contributed by atoms with van der Waals surface area (Å²) in [4.78, 5) is 20.9. The Bertz CT molecular complexity index is 520. The van der Waals surface area contributed by atoms with Gasteiger partial charge in [0.25, 0.3) is 0 Å². The monoisotopic (exact) mass is 320 g/mol. The van der Waals surface area contributed by atoms with Crippen molar-refractivity contribution in [3.05, 3.63) is 24.8 Å². The number of thiophene rings is 1. The highest BCUT2D eigenvalue weighted by atomic mass is 127. The Hall–Kier alpha value is -0.960. The van der Waals surface area contributed by atoms with Crippen LogP contribution in [0.15, 0.2) is 16.2 Å². The molecule has 2 heterocycles. The summed E-state index contributed by atoms with van der Waals surface area (Å²) in [5.41, 5.74) is 5.74. The van der Waals surface area contributed by atoms with Crippen molar-refractivity contribution in [3.8, 4) is 11.4 Å². The van der Waals surface area contributed by atoms with Gasteiger partial charge < -0.3 is 5.73 Å². The molecule has 2 aromatic heterocycles. The minimum atomic E-state index is -0.478. The molecule has 14 heavy (non-hydrogen) atoms. The third-order valence-electron chi connectivity index (χ3n) is 1.51. The molecule has 5 nitrogen and oxygen atoms in total. The average molecular weight is 320 g/mol. The molecule has 3 N–H and O–H groups in total. The number of aromatic amines is 1. The van der Waals surface area contributed by atoms with Crippen molar-refractivity contribution in [2.45, 2.75) is 0 Å². The number of nitrogens with one attached hydrogen (secondary N) is 1. The molecule has 0 aromatic carbocycles. The van der Waals surface area contributed by atoms with Crippen molar-refractivity contribution in [3.63, 3.8) is 0 Å². The lowest BCUT2D eigenvalue weighted by Gasteiger charge is -1.96. The van der Waals surface area contributed by atoms with Gasteiger partial charge in [-0.25, -0.2) is 4.79 Å². The van der Waals surface area contributed by atoms with Crippen molar-refractivity contribution in [1.29, 1.82) is 0 Å². The van der Waals surface area contributed by atoms with Gasteiger partial charge in [0.05, 0.1) is 2.88 Å². The Labute approximate surface area is 96.6 Å². The van der Waals surface area contributed by atoms with Crippen molar-refractivity contribution < 1.29 is 0 Å². The number of halogens is 1. The van der Waals surface area contributed by atoms with Crippen LogP contribution in [-0.2, 0) is 0 Å². The molecule has 0 amide bonds. The summed E-state index contributed by atoms with van der Waals surface area (Å²) in [6.45, 7) is 0. The molecule has 0 aliphatic heterocycles. The summed E-state index contributed by atoms with van der Waals surface area (Å²) in [7, 11) is 0. The lowest BCUT2D eigenvalue weighted by molar-refractivity contribution is 1.01. The van der Waals surface area contributed by atoms with E-state index in [4.69, 9.17) is 5.73 Å². The van der Waals surface area contributed by atoms with Crippen molar-refractivity contribution in [2.75, 3.05) is 5.73 Å². The molecule has 0 aliphatic rings. The third-order valence-corrected chi connectivity index (χ3v) is 3.30. The van der Waals surface area contributed by atoms with Gasteiger partial charge in [-0.3, -0.25) is 4.98 Å². The molecule has 72 valence electrons. The van der Waals surface area contributed by atoms with Crippen LogP contribution < -0.4 is 11.4 Å². The first kappa shape index (κ1) is 9.59. The number of nitrogen functional groups attached to an aromatic ring is 1. The predicted octanol–water partition coefficient (Wildman–Crippen LogP) is 1.08. The molecule has 0 fully saturated rings. The molecule has 0 unspecified atom stereocenters. The van der Waals surface area contributed by atoms with Crippen LogP contribution in [0.5, 0.6) is 0 Å². The Kier molecular flexibility index (Phi) is 2.50. The number of anilines is 1. The van der Waals surface area contributed by atoms with Gasteiger partial charge in [-0.05, 0) is 28.7 Å². The fourth-order valence-electron chi connectivity index (χ4n) is 0.972. The summed E-state index contributed by atoms with van der Waals surface area (Å²) in [5.74, 6) is 0.451. The molecule has 0 bridgehead atoms. The van der Waals surface area contributed by atoms with Crippen LogP contribution in [0.1, 0.15) is 0 Å². The molecular formula is C7H5IN4OS. The number of H-pyrrole nitrogens is 1. The quantitative estimate of drug-likeness (QED) is 0.770. The smallest absolute Gasteiger partial charge is 0.349 e. The molecule has 0 saturated carbocycles. The summed E-state index contributed by atoms with van der Waals surface area (Å²) in [6, 6.07) is 1.92. The highest BCUT2D eigenvalue weighted by Gasteiger charge is 2.04. The summed E-state index contributed by atoms with van der Waals surface area (Å²) < 4.78 is 1.12. The lowest BCUT2D eigenvalue weighted by Crippen LogP contribution is -2.15. The summed E-state index contributed by atoms with van der Waals surface area (Å²) >= 11 is 3.77. The first-order valence-corrected chi connectivity index (χ1v) is 5.59. The standard InChI is InChI=1S/C7H5IN4OS/c8-4-1-3(2-14-4)5-10-6(9)12-7(13)11-5/h1-2H,(H3,9,10,11,12,13). The van der Waals surface area contributed by atoms with Crippen LogP contribution in [0.2, 0.25) is 0 Å². The van der Waals surface area contributed by atoms with Gasteiger partial charge in [-0.15, -0.1) is 11.3 Å². The van der Waals surface area contributed by atoms with Crippen LogP contribution in [0.25, 0.3) is 11.4 Å². The molecule has 0 saturated heterocycles. The van der Waals surface area contributed by atoms with Gasteiger partial charge in [0, 0.05) is 10.9 Å². The highest BCUT2D eigenvalue weighted by Crippen LogP contribution is 2.23. The molecule has 0 atom stereocenters. The number of nitrogens with zero attached hydrogens (tertiary/aromatic N) is 2. The number of aromatic nitrogens is 3. The van der Waals surface area contributed by atoms with Crippen molar-refractivity contribution in [2.24, 2.45) is 0 Å². The fraction of sp³-hybridized carbons (Fsp3) is 0. The maximum atomic E-state index is 11.0. The zero-order valence-electron chi connectivity index (χ0n) is 6.82. The number of nitrogens with two attached hydrogens (primary N) is 1. The first-order valence-electron chi connectivity index (χ1n) is 3.63.